The number of alkyl halides is 3. The van der Waals surface area contributed by atoms with E-state index < -0.39 is 12.1 Å². The Balaban J connectivity index is 0.000000470. The number of carboxylic acids is 1. The molecule has 208 valence electrons. The van der Waals surface area contributed by atoms with Gasteiger partial charge >= 0.3 is 12.1 Å². The van der Waals surface area contributed by atoms with Crippen molar-refractivity contribution in [2.45, 2.75) is 38.8 Å². The molecule has 15 heteroatoms. The van der Waals surface area contributed by atoms with E-state index in [0.717, 1.165) is 36.9 Å². The van der Waals surface area contributed by atoms with E-state index in [0.29, 0.717) is 23.0 Å². The van der Waals surface area contributed by atoms with Gasteiger partial charge < -0.3 is 10.4 Å². The number of amides is 1. The van der Waals surface area contributed by atoms with Crippen LogP contribution in [0.2, 0.25) is 0 Å². The molecular weight excluding hydrogens is 533 g/mol. The molecule has 0 spiro atoms. The Kier molecular flexibility index (Phi) is 8.31. The van der Waals surface area contributed by atoms with Gasteiger partial charge in [-0.2, -0.15) is 23.0 Å². The number of carbonyl (C=O) groups is 2. The Labute approximate surface area is 224 Å². The highest BCUT2D eigenvalue weighted by atomic mass is 19.4. The predicted octanol–water partition coefficient (Wildman–Crippen LogP) is 3.20. The summed E-state index contributed by atoms with van der Waals surface area (Å²) in [5.41, 5.74) is 2.33. The van der Waals surface area contributed by atoms with Gasteiger partial charge in [-0.3, -0.25) is 19.6 Å². The van der Waals surface area contributed by atoms with Crippen molar-refractivity contribution in [3.63, 3.8) is 0 Å². The lowest BCUT2D eigenvalue weighted by Gasteiger charge is -2.16. The first-order chi connectivity index (χ1) is 19.1. The molecule has 0 aliphatic carbocycles. The number of nitrogens with one attached hydrogen (secondary N) is 1. The fourth-order valence-electron chi connectivity index (χ4n) is 3.91. The molecule has 0 saturated carbocycles. The Morgan fingerprint density at radius 3 is 2.52 bits per heavy atom. The van der Waals surface area contributed by atoms with Crippen LogP contribution in [-0.4, -0.2) is 57.4 Å². The van der Waals surface area contributed by atoms with E-state index in [-0.39, 0.29) is 17.4 Å². The van der Waals surface area contributed by atoms with Gasteiger partial charge in [0, 0.05) is 48.0 Å². The van der Waals surface area contributed by atoms with Crippen molar-refractivity contribution in [3.05, 3.63) is 71.6 Å². The molecule has 1 atom stereocenters. The number of halogens is 3. The molecule has 1 amide bonds. The van der Waals surface area contributed by atoms with Gasteiger partial charge in [-0.05, 0) is 31.4 Å². The quantitative estimate of drug-likeness (QED) is 0.378. The van der Waals surface area contributed by atoms with E-state index in [1.807, 2.05) is 19.1 Å². The minimum Gasteiger partial charge on any atom is -0.475 e. The molecular formula is C25H23F3N8O4. The molecule has 0 fully saturated rings. The number of fused-ring (bicyclic) bond motifs is 4. The Bertz CT molecular complexity index is 1570. The first-order valence-corrected chi connectivity index (χ1v) is 12.0. The van der Waals surface area contributed by atoms with Gasteiger partial charge in [0.05, 0.1) is 6.20 Å². The average Bonchev–Trinajstić information content (AvgIpc) is 3.30. The van der Waals surface area contributed by atoms with Crippen LogP contribution >= 0.6 is 0 Å². The first kappa shape index (κ1) is 28.1. The summed E-state index contributed by atoms with van der Waals surface area (Å²) >= 11 is 0. The third-order valence-electron chi connectivity index (χ3n) is 5.93. The van der Waals surface area contributed by atoms with E-state index in [2.05, 4.69) is 25.3 Å². The van der Waals surface area contributed by atoms with Crippen molar-refractivity contribution in [1.82, 2.24) is 34.3 Å². The normalized spacial score (nSPS) is 15.4. The molecule has 0 aromatic carbocycles. The molecule has 40 heavy (non-hydrogen) atoms. The van der Waals surface area contributed by atoms with E-state index in [4.69, 9.17) is 15.0 Å². The minimum absolute atomic E-state index is 0.136. The number of aromatic nitrogens is 7. The number of rotatable bonds is 2. The van der Waals surface area contributed by atoms with Crippen LogP contribution in [0.3, 0.4) is 0 Å². The molecule has 4 aromatic rings. The minimum atomic E-state index is -5.08. The number of aliphatic carboxylic acids is 1. The first-order valence-electron chi connectivity index (χ1n) is 12.0. The van der Waals surface area contributed by atoms with Crippen LogP contribution in [0.25, 0.3) is 22.9 Å². The molecule has 5 heterocycles. The lowest BCUT2D eigenvalue weighted by atomic mass is 10.00. The predicted molar refractivity (Wildman–Crippen MR) is 135 cm³/mol. The third-order valence-corrected chi connectivity index (χ3v) is 5.93. The molecule has 2 N–H and O–H groups in total. The summed E-state index contributed by atoms with van der Waals surface area (Å²) in [5, 5.41) is 15.0. The molecule has 1 unspecified atom stereocenters. The average molecular weight is 557 g/mol. The SMILES string of the molecule is CC1CCCCc2cc(ccn2)-c2nn(-c3cnccn3)c(-n3cnccc3=O)c2NC1=O.O=C(O)C(F)(F)F. The highest BCUT2D eigenvalue weighted by Crippen LogP contribution is 2.35. The summed E-state index contributed by atoms with van der Waals surface area (Å²) in [6.45, 7) is 1.90. The summed E-state index contributed by atoms with van der Waals surface area (Å²) in [5.74, 6) is -2.37. The van der Waals surface area contributed by atoms with Crippen molar-refractivity contribution < 1.29 is 27.9 Å². The summed E-state index contributed by atoms with van der Waals surface area (Å²) in [4.78, 5) is 52.0. The van der Waals surface area contributed by atoms with Gasteiger partial charge in [-0.15, -0.1) is 0 Å². The Morgan fingerprint density at radius 1 is 1.07 bits per heavy atom. The van der Waals surface area contributed by atoms with Crippen LogP contribution in [0.1, 0.15) is 31.9 Å². The fraction of sp³-hybridized carbons (Fsp3) is 0.280. The van der Waals surface area contributed by atoms with E-state index in [9.17, 15) is 22.8 Å². The van der Waals surface area contributed by atoms with Crippen molar-refractivity contribution in [1.29, 1.82) is 0 Å². The second kappa shape index (κ2) is 11.8. The second-order valence-electron chi connectivity index (χ2n) is 8.79. The second-order valence-corrected chi connectivity index (χ2v) is 8.79. The number of aryl methyl sites for hydroxylation is 1. The number of hydrogen-bond acceptors (Lipinski definition) is 8. The van der Waals surface area contributed by atoms with Gasteiger partial charge in [0.15, 0.2) is 11.6 Å². The number of nitrogens with zero attached hydrogens (tertiary/aromatic N) is 7. The summed E-state index contributed by atoms with van der Waals surface area (Å²) < 4.78 is 34.6. The molecule has 2 bridgehead atoms. The number of carbonyl (C=O) groups excluding carboxylic acids is 1. The van der Waals surface area contributed by atoms with Crippen molar-refractivity contribution in [2.75, 3.05) is 5.32 Å². The molecule has 0 saturated heterocycles. The molecule has 12 nitrogen and oxygen atoms in total. The smallest absolute Gasteiger partial charge is 0.475 e. The van der Waals surface area contributed by atoms with E-state index in [1.54, 1.807) is 24.8 Å². The largest absolute Gasteiger partial charge is 0.490 e. The highest BCUT2D eigenvalue weighted by molar-refractivity contribution is 5.98. The number of carboxylic acid groups (broad SMARTS) is 1. The van der Waals surface area contributed by atoms with E-state index >= 15 is 0 Å². The lowest BCUT2D eigenvalue weighted by molar-refractivity contribution is -0.192. The zero-order valence-electron chi connectivity index (χ0n) is 21.0. The standard InChI is InChI=1S/C23H22N8O2.C2HF3O2/c1-15-4-2-3-5-17-12-16(6-9-26-17)20-21(28-22(15)33)23(30-14-25-8-7-19(30)32)31(29-20)18-13-24-10-11-27-18;3-2(4,5)1(6)7/h6-15H,2-5H2,1H3,(H,28,33);(H,6,7). The number of pyridine rings is 1. The van der Waals surface area contributed by atoms with Crippen LogP contribution in [0, 0.1) is 5.92 Å². The van der Waals surface area contributed by atoms with Crippen LogP contribution in [0.4, 0.5) is 18.9 Å². The summed E-state index contributed by atoms with van der Waals surface area (Å²) in [7, 11) is 0. The molecule has 4 aromatic heterocycles. The Morgan fingerprint density at radius 2 is 1.85 bits per heavy atom. The van der Waals surface area contributed by atoms with Gasteiger partial charge in [0.1, 0.15) is 17.7 Å². The van der Waals surface area contributed by atoms with Gasteiger partial charge in [-0.1, -0.05) is 13.3 Å². The maximum absolute atomic E-state index is 13.1. The monoisotopic (exact) mass is 556 g/mol. The molecule has 5 rings (SSSR count). The zero-order valence-corrected chi connectivity index (χ0v) is 21.0. The number of anilines is 1. The van der Waals surface area contributed by atoms with Crippen LogP contribution in [-0.2, 0) is 16.0 Å². The topological polar surface area (TPSA) is 158 Å². The summed E-state index contributed by atoms with van der Waals surface area (Å²) in [6, 6.07) is 5.16. The molecule has 0 radical (unpaired) electrons. The maximum Gasteiger partial charge on any atom is 0.490 e. The van der Waals surface area contributed by atoms with Crippen LogP contribution in [0.15, 0.2) is 60.3 Å². The zero-order chi connectivity index (χ0) is 28.9. The molecule has 1 aliphatic heterocycles. The van der Waals surface area contributed by atoms with Crippen molar-refractivity contribution >= 4 is 17.6 Å². The van der Waals surface area contributed by atoms with Crippen LogP contribution in [0.5, 0.6) is 0 Å². The molecule has 1 aliphatic rings. The van der Waals surface area contributed by atoms with Crippen LogP contribution < -0.4 is 10.9 Å². The third kappa shape index (κ3) is 6.36. The lowest BCUT2D eigenvalue weighted by Crippen LogP contribution is -2.25. The maximum atomic E-state index is 13.1. The Hall–Kier alpha value is -4.95. The van der Waals surface area contributed by atoms with Crippen molar-refractivity contribution in [2.24, 2.45) is 5.92 Å². The number of hydrogen-bond donors (Lipinski definition) is 2. The van der Waals surface area contributed by atoms with E-state index in [1.165, 1.54) is 27.8 Å². The van der Waals surface area contributed by atoms with Gasteiger partial charge in [0.25, 0.3) is 5.56 Å². The van der Waals surface area contributed by atoms with Crippen molar-refractivity contribution in [3.8, 4) is 22.9 Å². The fourth-order valence-corrected chi connectivity index (χ4v) is 3.91. The van der Waals surface area contributed by atoms with Gasteiger partial charge in [-0.25, -0.2) is 19.3 Å². The highest BCUT2D eigenvalue weighted by Gasteiger charge is 2.38. The van der Waals surface area contributed by atoms with Gasteiger partial charge in [0.2, 0.25) is 5.91 Å². The summed E-state index contributed by atoms with van der Waals surface area (Å²) in [6.07, 6.45) is 7.55.